The van der Waals surface area contributed by atoms with Crippen molar-refractivity contribution in [3.05, 3.63) is 18.2 Å². The molecule has 0 aromatic heterocycles. The lowest BCUT2D eigenvalue weighted by molar-refractivity contribution is -0.136. The number of ether oxygens (including phenoxy) is 2. The smallest absolute Gasteiger partial charge is 0.243 e. The van der Waals surface area contributed by atoms with Gasteiger partial charge >= 0.3 is 0 Å². The molecular formula is C20H30N2O5S. The summed E-state index contributed by atoms with van der Waals surface area (Å²) in [6.07, 6.45) is 5.82. The van der Waals surface area contributed by atoms with Gasteiger partial charge in [-0.05, 0) is 37.8 Å². The molecule has 0 spiro atoms. The summed E-state index contributed by atoms with van der Waals surface area (Å²) in [6.45, 7) is 2.25. The van der Waals surface area contributed by atoms with E-state index in [9.17, 15) is 13.2 Å². The largest absolute Gasteiger partial charge is 0.493 e. The minimum Gasteiger partial charge on any atom is -0.493 e. The van der Waals surface area contributed by atoms with Crippen molar-refractivity contribution >= 4 is 15.9 Å². The maximum absolute atomic E-state index is 13.2. The van der Waals surface area contributed by atoms with Crippen LogP contribution in [0.4, 0.5) is 0 Å². The monoisotopic (exact) mass is 410 g/mol. The predicted molar refractivity (Wildman–Crippen MR) is 106 cm³/mol. The van der Waals surface area contributed by atoms with E-state index in [1.807, 2.05) is 4.90 Å². The number of methoxy groups -OCH3 is 2. The average Bonchev–Trinajstić information content (AvgIpc) is 3.02. The summed E-state index contributed by atoms with van der Waals surface area (Å²) < 4.78 is 38.2. The summed E-state index contributed by atoms with van der Waals surface area (Å²) in [5.74, 6) is 0.697. The van der Waals surface area contributed by atoms with E-state index in [0.717, 1.165) is 45.2 Å². The van der Waals surface area contributed by atoms with E-state index in [1.54, 1.807) is 6.07 Å². The molecule has 0 N–H and O–H groups in total. The Morgan fingerprint density at radius 2 is 1.64 bits per heavy atom. The summed E-state index contributed by atoms with van der Waals surface area (Å²) in [6, 6.07) is 4.60. The lowest BCUT2D eigenvalue weighted by atomic mass is 9.98. The van der Waals surface area contributed by atoms with Gasteiger partial charge in [-0.1, -0.05) is 12.8 Å². The molecule has 1 atom stereocenters. The Morgan fingerprint density at radius 3 is 2.29 bits per heavy atom. The first-order chi connectivity index (χ1) is 13.5. The molecule has 0 unspecified atom stereocenters. The second-order valence-corrected chi connectivity index (χ2v) is 9.40. The molecule has 156 valence electrons. The van der Waals surface area contributed by atoms with E-state index in [0.29, 0.717) is 24.5 Å². The molecule has 1 amide bonds. The molecule has 0 saturated carbocycles. The van der Waals surface area contributed by atoms with Gasteiger partial charge in [0.1, 0.15) is 0 Å². The number of amides is 1. The van der Waals surface area contributed by atoms with Crippen molar-refractivity contribution in [1.29, 1.82) is 0 Å². The highest BCUT2D eigenvalue weighted by Gasteiger charge is 2.35. The lowest BCUT2D eigenvalue weighted by Gasteiger charge is -2.34. The molecule has 1 aromatic carbocycles. The fourth-order valence-corrected chi connectivity index (χ4v) is 5.58. The molecule has 1 aromatic rings. The van der Waals surface area contributed by atoms with Crippen LogP contribution in [0.15, 0.2) is 23.1 Å². The molecule has 2 saturated heterocycles. The molecule has 28 heavy (non-hydrogen) atoms. The van der Waals surface area contributed by atoms with Crippen LogP contribution in [0.3, 0.4) is 0 Å². The van der Waals surface area contributed by atoms with Crippen LogP contribution in [0.2, 0.25) is 0 Å². The summed E-state index contributed by atoms with van der Waals surface area (Å²) in [5.41, 5.74) is 0. The van der Waals surface area contributed by atoms with Crippen LogP contribution in [0.1, 0.15) is 38.5 Å². The molecule has 2 heterocycles. The van der Waals surface area contributed by atoms with Crippen molar-refractivity contribution in [3.63, 3.8) is 0 Å². The lowest BCUT2D eigenvalue weighted by Crippen LogP contribution is -2.46. The number of likely N-dealkylation sites (tertiary alicyclic amines) is 1. The van der Waals surface area contributed by atoms with Crippen LogP contribution >= 0.6 is 0 Å². The number of benzene rings is 1. The van der Waals surface area contributed by atoms with E-state index in [4.69, 9.17) is 9.47 Å². The van der Waals surface area contributed by atoms with Crippen molar-refractivity contribution in [2.45, 2.75) is 43.4 Å². The highest BCUT2D eigenvalue weighted by molar-refractivity contribution is 7.89. The standard InChI is InChI=1S/C20H30N2O5S/c1-26-18-10-9-17(14-19(18)27-2)28(24,25)22-13-7-8-16(15-22)20(23)21-11-5-3-4-6-12-21/h9-10,14,16H,3-8,11-13,15H2,1-2H3/t16-/m1/s1. The molecule has 0 bridgehead atoms. The highest BCUT2D eigenvalue weighted by Crippen LogP contribution is 2.32. The van der Waals surface area contributed by atoms with E-state index in [1.165, 1.54) is 30.7 Å². The molecule has 0 aliphatic carbocycles. The van der Waals surface area contributed by atoms with Gasteiger partial charge in [0.05, 0.1) is 25.0 Å². The van der Waals surface area contributed by atoms with Crippen LogP contribution in [-0.2, 0) is 14.8 Å². The molecule has 2 aliphatic rings. The minimum absolute atomic E-state index is 0.106. The van der Waals surface area contributed by atoms with Crippen molar-refractivity contribution in [1.82, 2.24) is 9.21 Å². The maximum Gasteiger partial charge on any atom is 0.243 e. The van der Waals surface area contributed by atoms with Crippen molar-refractivity contribution < 1.29 is 22.7 Å². The molecule has 2 fully saturated rings. The van der Waals surface area contributed by atoms with Crippen molar-refractivity contribution in [2.75, 3.05) is 40.4 Å². The molecule has 0 radical (unpaired) electrons. The van der Waals surface area contributed by atoms with Gasteiger partial charge in [0.25, 0.3) is 0 Å². The number of piperidine rings is 1. The number of sulfonamides is 1. The van der Waals surface area contributed by atoms with Gasteiger partial charge in [0, 0.05) is 32.2 Å². The Morgan fingerprint density at radius 1 is 0.964 bits per heavy atom. The SMILES string of the molecule is COc1ccc(S(=O)(=O)N2CCC[C@@H](C(=O)N3CCCCCC3)C2)cc1OC. The van der Waals surface area contributed by atoms with Crippen LogP contribution in [0.5, 0.6) is 11.5 Å². The summed E-state index contributed by atoms with van der Waals surface area (Å²) in [7, 11) is -0.710. The van der Waals surface area contributed by atoms with Crippen LogP contribution in [0.25, 0.3) is 0 Å². The second kappa shape index (κ2) is 9.13. The normalized spacial score (nSPS) is 21.8. The number of nitrogens with zero attached hydrogens (tertiary/aromatic N) is 2. The fourth-order valence-electron chi connectivity index (χ4n) is 4.04. The Kier molecular flexibility index (Phi) is 6.82. The summed E-state index contributed by atoms with van der Waals surface area (Å²) in [5, 5.41) is 0. The van der Waals surface area contributed by atoms with Gasteiger partial charge in [-0.2, -0.15) is 4.31 Å². The van der Waals surface area contributed by atoms with Crippen molar-refractivity contribution in [3.8, 4) is 11.5 Å². The van der Waals surface area contributed by atoms with Crippen LogP contribution in [-0.4, -0.2) is 63.9 Å². The van der Waals surface area contributed by atoms with E-state index in [2.05, 4.69) is 0 Å². The molecule has 7 nitrogen and oxygen atoms in total. The van der Waals surface area contributed by atoms with Gasteiger partial charge in [0.15, 0.2) is 11.5 Å². The summed E-state index contributed by atoms with van der Waals surface area (Å²) >= 11 is 0. The first-order valence-electron chi connectivity index (χ1n) is 9.98. The number of hydrogen-bond acceptors (Lipinski definition) is 5. The Hall–Kier alpha value is -1.80. The Labute approximate surface area is 167 Å². The zero-order valence-electron chi connectivity index (χ0n) is 16.7. The van der Waals surface area contributed by atoms with Gasteiger partial charge in [0.2, 0.25) is 15.9 Å². The Bertz CT molecular complexity index is 788. The zero-order chi connectivity index (χ0) is 20.1. The van der Waals surface area contributed by atoms with Gasteiger partial charge < -0.3 is 14.4 Å². The third kappa shape index (κ3) is 4.43. The molecule has 3 rings (SSSR count). The number of rotatable bonds is 5. The van der Waals surface area contributed by atoms with Gasteiger partial charge in [-0.15, -0.1) is 0 Å². The molecule has 8 heteroatoms. The van der Waals surface area contributed by atoms with Crippen LogP contribution < -0.4 is 9.47 Å². The van der Waals surface area contributed by atoms with Gasteiger partial charge in [-0.25, -0.2) is 8.42 Å². The zero-order valence-corrected chi connectivity index (χ0v) is 17.5. The predicted octanol–water partition coefficient (Wildman–Crippen LogP) is 2.51. The maximum atomic E-state index is 13.2. The number of carbonyl (C=O) groups excluding carboxylic acids is 1. The van der Waals surface area contributed by atoms with E-state index < -0.39 is 10.0 Å². The van der Waals surface area contributed by atoms with Crippen LogP contribution in [0, 0.1) is 5.92 Å². The fraction of sp³-hybridized carbons (Fsp3) is 0.650. The number of carbonyl (C=O) groups is 1. The highest BCUT2D eigenvalue weighted by atomic mass is 32.2. The number of hydrogen-bond donors (Lipinski definition) is 0. The Balaban J connectivity index is 1.76. The average molecular weight is 411 g/mol. The quantitative estimate of drug-likeness (QED) is 0.746. The molecule has 2 aliphatic heterocycles. The minimum atomic E-state index is -3.70. The van der Waals surface area contributed by atoms with Crippen molar-refractivity contribution in [2.24, 2.45) is 5.92 Å². The van der Waals surface area contributed by atoms with Gasteiger partial charge in [-0.3, -0.25) is 4.79 Å². The molecular weight excluding hydrogens is 380 g/mol. The van der Waals surface area contributed by atoms with E-state index in [-0.39, 0.29) is 23.3 Å². The first kappa shape index (κ1) is 20.9. The third-order valence-corrected chi connectivity index (χ3v) is 7.51. The second-order valence-electron chi connectivity index (χ2n) is 7.46. The third-order valence-electron chi connectivity index (χ3n) is 5.64. The summed E-state index contributed by atoms with van der Waals surface area (Å²) in [4.78, 5) is 15.1. The van der Waals surface area contributed by atoms with E-state index >= 15 is 0 Å². The topological polar surface area (TPSA) is 76.2 Å². The first-order valence-corrected chi connectivity index (χ1v) is 11.4.